The normalized spacial score (nSPS) is 12.2. The quantitative estimate of drug-likeness (QED) is 0.492. The van der Waals surface area contributed by atoms with E-state index in [-0.39, 0.29) is 5.91 Å². The number of hydrogen-bond donors (Lipinski definition) is 2. The van der Waals surface area contributed by atoms with Crippen molar-refractivity contribution < 1.29 is 9.53 Å². The number of guanidine groups is 1. The summed E-state index contributed by atoms with van der Waals surface area (Å²) < 4.78 is 5.22. The Balaban J connectivity index is 1.76. The van der Waals surface area contributed by atoms with Crippen molar-refractivity contribution in [1.82, 2.24) is 15.5 Å². The highest BCUT2D eigenvalue weighted by Gasteiger charge is 2.09. The third-order valence-electron chi connectivity index (χ3n) is 5.06. The van der Waals surface area contributed by atoms with E-state index in [9.17, 15) is 4.79 Å². The van der Waals surface area contributed by atoms with Gasteiger partial charge in [0.2, 0.25) is 0 Å². The summed E-state index contributed by atoms with van der Waals surface area (Å²) in [5, 5.41) is 6.72. The number of ether oxygens (including phenoxy) is 1. The van der Waals surface area contributed by atoms with Crippen molar-refractivity contribution in [3.05, 3.63) is 65.2 Å². The van der Waals surface area contributed by atoms with E-state index in [0.717, 1.165) is 43.2 Å². The number of nitrogens with one attached hydrogen (secondary N) is 2. The van der Waals surface area contributed by atoms with Crippen LogP contribution in [0.3, 0.4) is 0 Å². The molecule has 0 bridgehead atoms. The van der Waals surface area contributed by atoms with Crippen LogP contribution in [-0.2, 0) is 6.42 Å². The number of carbonyl (C=O) groups is 1. The fourth-order valence-electron chi connectivity index (χ4n) is 3.17. The van der Waals surface area contributed by atoms with E-state index in [1.54, 1.807) is 33.2 Å². The molecule has 0 spiro atoms. The highest BCUT2D eigenvalue weighted by Crippen LogP contribution is 2.21. The van der Waals surface area contributed by atoms with Gasteiger partial charge in [-0.2, -0.15) is 0 Å². The molecular weight excluding hydrogens is 376 g/mol. The summed E-state index contributed by atoms with van der Waals surface area (Å²) in [7, 11) is 6.99. The molecule has 1 atom stereocenters. The summed E-state index contributed by atoms with van der Waals surface area (Å²) in [6.07, 6.45) is 1.82. The molecule has 1 unspecified atom stereocenters. The number of benzene rings is 2. The van der Waals surface area contributed by atoms with E-state index >= 15 is 0 Å². The summed E-state index contributed by atoms with van der Waals surface area (Å²) in [4.78, 5) is 18.0. The molecule has 2 aromatic carbocycles. The highest BCUT2D eigenvalue weighted by molar-refractivity contribution is 5.94. The van der Waals surface area contributed by atoms with Crippen LogP contribution in [-0.4, -0.2) is 58.1 Å². The third kappa shape index (κ3) is 7.10. The second-order valence-corrected chi connectivity index (χ2v) is 7.54. The first kappa shape index (κ1) is 23.3. The van der Waals surface area contributed by atoms with Gasteiger partial charge in [0.1, 0.15) is 5.75 Å². The third-order valence-corrected chi connectivity index (χ3v) is 5.06. The number of nitrogens with zero attached hydrogens (tertiary/aromatic N) is 2. The molecule has 2 N–H and O–H groups in total. The average Bonchev–Trinajstić information content (AvgIpc) is 2.77. The monoisotopic (exact) mass is 410 g/mol. The number of aliphatic imine (C=N–C) groups is 1. The summed E-state index contributed by atoms with van der Waals surface area (Å²) in [5.74, 6) is 2.13. The zero-order valence-electron chi connectivity index (χ0n) is 18.7. The summed E-state index contributed by atoms with van der Waals surface area (Å²) in [6, 6.07) is 16.0. The molecule has 0 aromatic heterocycles. The Hall–Kier alpha value is -3.02. The highest BCUT2D eigenvalue weighted by atomic mass is 16.5. The summed E-state index contributed by atoms with van der Waals surface area (Å²) >= 11 is 0. The molecule has 0 aliphatic carbocycles. The lowest BCUT2D eigenvalue weighted by atomic mass is 9.98. The van der Waals surface area contributed by atoms with Gasteiger partial charge in [-0.05, 0) is 54.2 Å². The summed E-state index contributed by atoms with van der Waals surface area (Å²) in [6.45, 7) is 3.80. The maximum absolute atomic E-state index is 12.1. The van der Waals surface area contributed by atoms with Crippen LogP contribution in [0.4, 0.5) is 0 Å². The van der Waals surface area contributed by atoms with Gasteiger partial charge in [-0.15, -0.1) is 0 Å². The first-order valence-corrected chi connectivity index (χ1v) is 10.3. The van der Waals surface area contributed by atoms with Crippen LogP contribution in [0, 0.1) is 0 Å². The molecule has 0 fully saturated rings. The second-order valence-electron chi connectivity index (χ2n) is 7.54. The van der Waals surface area contributed by atoms with Crippen molar-refractivity contribution in [3.8, 4) is 5.75 Å². The fraction of sp³-hybridized carbons (Fsp3) is 0.417. The zero-order chi connectivity index (χ0) is 21.9. The Morgan fingerprint density at radius 1 is 1.10 bits per heavy atom. The molecule has 6 heteroatoms. The molecule has 2 rings (SSSR count). The number of rotatable bonds is 9. The Bertz CT molecular complexity index is 831. The van der Waals surface area contributed by atoms with Crippen molar-refractivity contribution in [2.24, 2.45) is 4.99 Å². The Labute approximate surface area is 180 Å². The predicted molar refractivity (Wildman–Crippen MR) is 124 cm³/mol. The first-order valence-electron chi connectivity index (χ1n) is 10.3. The van der Waals surface area contributed by atoms with Crippen molar-refractivity contribution in [3.63, 3.8) is 0 Å². The number of hydrogen-bond acceptors (Lipinski definition) is 3. The Kier molecular flexibility index (Phi) is 9.19. The maximum Gasteiger partial charge on any atom is 0.253 e. The molecule has 0 saturated carbocycles. The van der Waals surface area contributed by atoms with Gasteiger partial charge in [-0.25, -0.2) is 0 Å². The predicted octanol–water partition coefficient (Wildman–Crippen LogP) is 3.30. The SMILES string of the molecule is CN=C(NCCc1cccc(C(=O)N(C)C)c1)NCCC(C)c1ccc(OC)cc1. The van der Waals surface area contributed by atoms with E-state index in [1.807, 2.05) is 36.4 Å². The van der Waals surface area contributed by atoms with E-state index in [4.69, 9.17) is 4.74 Å². The Morgan fingerprint density at radius 2 is 1.80 bits per heavy atom. The molecular formula is C24H34N4O2. The molecule has 0 aliphatic heterocycles. The lowest BCUT2D eigenvalue weighted by Crippen LogP contribution is -2.39. The molecule has 0 radical (unpaired) electrons. The van der Waals surface area contributed by atoms with Gasteiger partial charge in [0, 0.05) is 39.8 Å². The molecule has 1 amide bonds. The molecule has 2 aromatic rings. The molecule has 162 valence electrons. The van der Waals surface area contributed by atoms with Crippen molar-refractivity contribution in [2.75, 3.05) is 41.3 Å². The van der Waals surface area contributed by atoms with Crippen LogP contribution in [0.1, 0.15) is 40.7 Å². The topological polar surface area (TPSA) is 66.0 Å². The van der Waals surface area contributed by atoms with Crippen LogP contribution in [0.2, 0.25) is 0 Å². The van der Waals surface area contributed by atoms with E-state index in [1.165, 1.54) is 5.56 Å². The number of carbonyl (C=O) groups excluding carboxylic acids is 1. The van der Waals surface area contributed by atoms with E-state index in [0.29, 0.717) is 11.5 Å². The molecule has 30 heavy (non-hydrogen) atoms. The zero-order valence-corrected chi connectivity index (χ0v) is 18.7. The van der Waals surface area contributed by atoms with Gasteiger partial charge in [-0.1, -0.05) is 31.2 Å². The van der Waals surface area contributed by atoms with Crippen molar-refractivity contribution >= 4 is 11.9 Å². The summed E-state index contributed by atoms with van der Waals surface area (Å²) in [5.41, 5.74) is 3.14. The van der Waals surface area contributed by atoms with Crippen molar-refractivity contribution in [1.29, 1.82) is 0 Å². The van der Waals surface area contributed by atoms with Gasteiger partial charge in [-0.3, -0.25) is 9.79 Å². The van der Waals surface area contributed by atoms with Crippen LogP contribution < -0.4 is 15.4 Å². The number of methoxy groups -OCH3 is 1. The van der Waals surface area contributed by atoms with Crippen LogP contribution in [0.5, 0.6) is 5.75 Å². The average molecular weight is 411 g/mol. The minimum Gasteiger partial charge on any atom is -0.497 e. The molecule has 0 heterocycles. The van der Waals surface area contributed by atoms with Gasteiger partial charge >= 0.3 is 0 Å². The van der Waals surface area contributed by atoms with Crippen LogP contribution in [0.15, 0.2) is 53.5 Å². The smallest absolute Gasteiger partial charge is 0.253 e. The van der Waals surface area contributed by atoms with Gasteiger partial charge in [0.15, 0.2) is 5.96 Å². The fourth-order valence-corrected chi connectivity index (χ4v) is 3.17. The second kappa shape index (κ2) is 11.9. The maximum atomic E-state index is 12.1. The molecule has 6 nitrogen and oxygen atoms in total. The van der Waals surface area contributed by atoms with Crippen LogP contribution >= 0.6 is 0 Å². The first-order chi connectivity index (χ1) is 14.4. The number of amides is 1. The lowest BCUT2D eigenvalue weighted by Gasteiger charge is -2.16. The largest absolute Gasteiger partial charge is 0.497 e. The Morgan fingerprint density at radius 3 is 2.43 bits per heavy atom. The molecule has 0 aliphatic rings. The van der Waals surface area contributed by atoms with Crippen molar-refractivity contribution in [2.45, 2.75) is 25.7 Å². The van der Waals surface area contributed by atoms with Gasteiger partial charge in [0.25, 0.3) is 5.91 Å². The van der Waals surface area contributed by atoms with Gasteiger partial charge < -0.3 is 20.3 Å². The van der Waals surface area contributed by atoms with Crippen LogP contribution in [0.25, 0.3) is 0 Å². The minimum atomic E-state index is 0.0215. The van der Waals surface area contributed by atoms with E-state index < -0.39 is 0 Å². The standard InChI is InChI=1S/C24H34N4O2/c1-18(20-9-11-22(30-5)12-10-20)13-15-26-24(25-2)27-16-14-19-7-6-8-21(17-19)23(29)28(3)4/h6-12,17-18H,13-16H2,1-5H3,(H2,25,26,27). The van der Waals surface area contributed by atoms with E-state index in [2.05, 4.69) is 34.7 Å². The van der Waals surface area contributed by atoms with Gasteiger partial charge in [0.05, 0.1) is 7.11 Å². The lowest BCUT2D eigenvalue weighted by molar-refractivity contribution is 0.0827. The minimum absolute atomic E-state index is 0.0215. The molecule has 0 saturated heterocycles.